The summed E-state index contributed by atoms with van der Waals surface area (Å²) in [5, 5.41) is 8.91. The molecule has 1 aliphatic rings. The molecule has 0 unspecified atom stereocenters. The Kier molecular flexibility index (Phi) is 0.849. The Morgan fingerprint density at radius 1 is 1.43 bits per heavy atom. The zero-order chi connectivity index (χ0) is 5.49. The normalized spacial score (nSPS) is 22.7. The van der Waals surface area contributed by atoms with Crippen LogP contribution in [-0.4, -0.2) is 17.0 Å². The smallest absolute Gasteiger partial charge is 0.252 e. The SMILES string of the molecule is CC(C)(O)C1OO1. The van der Waals surface area contributed by atoms with Gasteiger partial charge in [0.15, 0.2) is 0 Å². The maximum absolute atomic E-state index is 8.91. The predicted octanol–water partition coefficient (Wildman–Crippen LogP) is 0.0452. The second kappa shape index (κ2) is 1.18. The molecule has 0 atom stereocenters. The van der Waals surface area contributed by atoms with Gasteiger partial charge < -0.3 is 5.11 Å². The molecule has 0 aromatic carbocycles. The fraction of sp³-hybridized carbons (Fsp3) is 1.00. The molecule has 1 rings (SSSR count). The van der Waals surface area contributed by atoms with E-state index in [0.717, 1.165) is 0 Å². The number of aliphatic hydroxyl groups is 1. The Hall–Kier alpha value is -0.120. The van der Waals surface area contributed by atoms with E-state index in [0.29, 0.717) is 0 Å². The van der Waals surface area contributed by atoms with Crippen LogP contribution in [0, 0.1) is 0 Å². The highest BCUT2D eigenvalue weighted by Crippen LogP contribution is 2.24. The van der Waals surface area contributed by atoms with Crippen molar-refractivity contribution in [2.45, 2.75) is 25.7 Å². The third-order valence-electron chi connectivity index (χ3n) is 0.769. The summed E-state index contributed by atoms with van der Waals surface area (Å²) < 4.78 is 0. The van der Waals surface area contributed by atoms with Gasteiger partial charge in [-0.15, -0.1) is 0 Å². The third-order valence-corrected chi connectivity index (χ3v) is 0.769. The van der Waals surface area contributed by atoms with Crippen molar-refractivity contribution in [1.29, 1.82) is 0 Å². The standard InChI is InChI=1S/C4H8O3/c1-4(2,5)3-6-7-3/h3,5H,1-2H3. The number of rotatable bonds is 1. The van der Waals surface area contributed by atoms with Crippen LogP contribution in [0.2, 0.25) is 0 Å². The van der Waals surface area contributed by atoms with Crippen LogP contribution >= 0.6 is 0 Å². The molecule has 42 valence electrons. The Morgan fingerprint density at radius 2 is 1.86 bits per heavy atom. The molecule has 1 saturated heterocycles. The summed E-state index contributed by atoms with van der Waals surface area (Å²) >= 11 is 0. The molecule has 0 aliphatic carbocycles. The van der Waals surface area contributed by atoms with Crippen LogP contribution in [0.4, 0.5) is 0 Å². The molecular formula is C4H8O3. The van der Waals surface area contributed by atoms with Gasteiger partial charge in [0.2, 0.25) is 0 Å². The molecule has 0 amide bonds. The van der Waals surface area contributed by atoms with Gasteiger partial charge in [-0.3, -0.25) is 0 Å². The molecule has 0 saturated carbocycles. The summed E-state index contributed by atoms with van der Waals surface area (Å²) in [6.45, 7) is 3.26. The minimum absolute atomic E-state index is 0.396. The van der Waals surface area contributed by atoms with Crippen molar-refractivity contribution in [2.24, 2.45) is 0 Å². The molecule has 0 aromatic rings. The van der Waals surface area contributed by atoms with E-state index in [2.05, 4.69) is 9.78 Å². The van der Waals surface area contributed by atoms with Crippen LogP contribution in [0.3, 0.4) is 0 Å². The maximum Gasteiger partial charge on any atom is 0.252 e. The molecule has 1 fully saturated rings. The van der Waals surface area contributed by atoms with Crippen molar-refractivity contribution in [3.05, 3.63) is 0 Å². The Balaban J connectivity index is 2.36. The molecule has 0 radical (unpaired) electrons. The topological polar surface area (TPSA) is 45.3 Å². The van der Waals surface area contributed by atoms with Crippen LogP contribution in [0.5, 0.6) is 0 Å². The maximum atomic E-state index is 8.91. The lowest BCUT2D eigenvalue weighted by molar-refractivity contribution is 0.0466. The fourth-order valence-electron chi connectivity index (χ4n) is 0.263. The number of hydrogen-bond donors (Lipinski definition) is 1. The highest BCUT2D eigenvalue weighted by Gasteiger charge is 2.41. The van der Waals surface area contributed by atoms with Gasteiger partial charge in [0.05, 0.1) is 0 Å². The first kappa shape index (κ1) is 5.03. The van der Waals surface area contributed by atoms with Gasteiger partial charge in [0, 0.05) is 0 Å². The van der Waals surface area contributed by atoms with Gasteiger partial charge in [-0.05, 0) is 13.8 Å². The molecule has 3 nitrogen and oxygen atoms in total. The monoisotopic (exact) mass is 104 g/mol. The lowest BCUT2D eigenvalue weighted by Gasteiger charge is -2.07. The van der Waals surface area contributed by atoms with Gasteiger partial charge in [0.1, 0.15) is 5.60 Å². The van der Waals surface area contributed by atoms with E-state index in [-0.39, 0.29) is 0 Å². The molecule has 7 heavy (non-hydrogen) atoms. The second-order valence-corrected chi connectivity index (χ2v) is 2.18. The van der Waals surface area contributed by atoms with Crippen LogP contribution < -0.4 is 0 Å². The molecule has 1 aliphatic heterocycles. The lowest BCUT2D eigenvalue weighted by Crippen LogP contribution is -2.25. The van der Waals surface area contributed by atoms with Crippen molar-refractivity contribution in [2.75, 3.05) is 0 Å². The summed E-state index contributed by atoms with van der Waals surface area (Å²) in [4.78, 5) is 8.65. The summed E-state index contributed by atoms with van der Waals surface area (Å²) in [6, 6.07) is 0. The van der Waals surface area contributed by atoms with Gasteiger partial charge >= 0.3 is 0 Å². The van der Waals surface area contributed by atoms with E-state index in [1.807, 2.05) is 0 Å². The number of hydrogen-bond acceptors (Lipinski definition) is 3. The molecular weight excluding hydrogens is 96.0 g/mol. The minimum Gasteiger partial charge on any atom is -0.385 e. The zero-order valence-corrected chi connectivity index (χ0v) is 4.34. The van der Waals surface area contributed by atoms with Crippen LogP contribution in [0.1, 0.15) is 13.8 Å². The van der Waals surface area contributed by atoms with Gasteiger partial charge in [-0.25, -0.2) is 0 Å². The molecule has 0 aromatic heterocycles. The Labute approximate surface area is 41.8 Å². The Morgan fingerprint density at radius 3 is 1.86 bits per heavy atom. The second-order valence-electron chi connectivity index (χ2n) is 2.18. The average molecular weight is 104 g/mol. The minimum atomic E-state index is -0.833. The van der Waals surface area contributed by atoms with Gasteiger partial charge in [-0.1, -0.05) is 0 Å². The molecule has 0 bridgehead atoms. The van der Waals surface area contributed by atoms with E-state index in [9.17, 15) is 0 Å². The Bertz CT molecular complexity index is 69.5. The first-order valence-electron chi connectivity index (χ1n) is 2.15. The largest absolute Gasteiger partial charge is 0.385 e. The highest BCUT2D eigenvalue weighted by atomic mass is 17.4. The molecule has 1 N–H and O–H groups in total. The summed E-state index contributed by atoms with van der Waals surface area (Å²) in [6.07, 6.45) is -0.396. The third kappa shape index (κ3) is 1.12. The van der Waals surface area contributed by atoms with E-state index < -0.39 is 11.9 Å². The molecule has 0 spiro atoms. The summed E-state index contributed by atoms with van der Waals surface area (Å²) in [7, 11) is 0. The zero-order valence-electron chi connectivity index (χ0n) is 4.34. The predicted molar refractivity (Wildman–Crippen MR) is 22.3 cm³/mol. The fourth-order valence-corrected chi connectivity index (χ4v) is 0.263. The summed E-state index contributed by atoms with van der Waals surface area (Å²) in [5.74, 6) is 0. The van der Waals surface area contributed by atoms with Crippen molar-refractivity contribution in [3.63, 3.8) is 0 Å². The summed E-state index contributed by atoms with van der Waals surface area (Å²) in [5.41, 5.74) is -0.833. The first-order chi connectivity index (χ1) is 3.11. The molecule has 3 heteroatoms. The van der Waals surface area contributed by atoms with Crippen molar-refractivity contribution < 1.29 is 14.9 Å². The highest BCUT2D eigenvalue weighted by molar-refractivity contribution is 4.71. The van der Waals surface area contributed by atoms with Crippen molar-refractivity contribution >= 4 is 0 Å². The quantitative estimate of drug-likeness (QED) is 0.377. The van der Waals surface area contributed by atoms with Crippen LogP contribution in [-0.2, 0) is 9.78 Å². The van der Waals surface area contributed by atoms with E-state index >= 15 is 0 Å². The van der Waals surface area contributed by atoms with E-state index in [1.54, 1.807) is 13.8 Å². The van der Waals surface area contributed by atoms with Crippen LogP contribution in [0.25, 0.3) is 0 Å². The van der Waals surface area contributed by atoms with E-state index in [1.165, 1.54) is 0 Å². The van der Waals surface area contributed by atoms with Crippen LogP contribution in [0.15, 0.2) is 0 Å². The lowest BCUT2D eigenvalue weighted by atomic mass is 10.1. The van der Waals surface area contributed by atoms with Gasteiger partial charge in [0.25, 0.3) is 6.29 Å². The van der Waals surface area contributed by atoms with Crippen molar-refractivity contribution in [3.8, 4) is 0 Å². The van der Waals surface area contributed by atoms with Gasteiger partial charge in [-0.2, -0.15) is 9.78 Å². The molecule has 1 heterocycles. The van der Waals surface area contributed by atoms with E-state index in [4.69, 9.17) is 5.11 Å². The first-order valence-corrected chi connectivity index (χ1v) is 2.15. The van der Waals surface area contributed by atoms with Crippen molar-refractivity contribution in [1.82, 2.24) is 0 Å². The average Bonchev–Trinajstić information content (AvgIpc) is 1.99.